The molecule has 1 nitrogen and oxygen atoms in total. The lowest BCUT2D eigenvalue weighted by Crippen LogP contribution is -1.76. The lowest BCUT2D eigenvalue weighted by molar-refractivity contribution is 0.388. The monoisotopic (exact) mass is 213 g/mol. The minimum Gasteiger partial charge on any atom is -0.186 e. The molecule has 2 aromatic rings. The Morgan fingerprint density at radius 3 is 2.91 bits per heavy atom. The van der Waals surface area contributed by atoms with E-state index in [4.69, 9.17) is 0 Å². The summed E-state index contributed by atoms with van der Waals surface area (Å²) in [5, 5.41) is 0.913. The highest BCUT2D eigenvalue weighted by molar-refractivity contribution is 9.10. The molecule has 0 bridgehead atoms. The average Bonchev–Trinajstić information content (AvgIpc) is 2.33. The van der Waals surface area contributed by atoms with Gasteiger partial charge in [-0.15, -0.1) is 0 Å². The molecule has 3 heteroatoms. The van der Waals surface area contributed by atoms with Crippen molar-refractivity contribution in [3.8, 4) is 0 Å². The highest BCUT2D eigenvalue weighted by atomic mass is 79.9. The maximum atomic E-state index is 12.8. The molecule has 0 aliphatic carbocycles. The van der Waals surface area contributed by atoms with E-state index in [9.17, 15) is 4.48 Å². The van der Waals surface area contributed by atoms with Gasteiger partial charge in [0.15, 0.2) is 0 Å². The van der Waals surface area contributed by atoms with E-state index in [2.05, 4.69) is 15.9 Å². The molecule has 0 aliphatic heterocycles. The molecule has 0 radical (unpaired) electrons. The second-order valence-electron chi connectivity index (χ2n) is 2.33. The lowest BCUT2D eigenvalue weighted by atomic mass is 10.3. The van der Waals surface area contributed by atoms with Gasteiger partial charge in [-0.05, 0) is 18.2 Å². The molecule has 0 fully saturated rings. The van der Waals surface area contributed by atoms with E-state index in [1.165, 1.54) is 6.20 Å². The second-order valence-corrected chi connectivity index (χ2v) is 3.25. The van der Waals surface area contributed by atoms with Gasteiger partial charge in [-0.25, -0.2) is 0 Å². The maximum absolute atomic E-state index is 12.8. The molecule has 0 N–H and O–H groups in total. The molecule has 0 amide bonds. The molecule has 0 saturated heterocycles. The summed E-state index contributed by atoms with van der Waals surface area (Å²) in [4.78, 5) is 0.611. The Morgan fingerprint density at radius 2 is 2.09 bits per heavy atom. The van der Waals surface area contributed by atoms with Crippen molar-refractivity contribution in [2.75, 3.05) is 0 Å². The number of benzene rings is 1. The Balaban J connectivity index is 2.87. The van der Waals surface area contributed by atoms with Gasteiger partial charge in [-0.3, -0.25) is 0 Å². The summed E-state index contributed by atoms with van der Waals surface area (Å²) in [6.07, 6.45) is 1.40. The van der Waals surface area contributed by atoms with Gasteiger partial charge in [0, 0.05) is 16.1 Å². The predicted octanol–water partition coefficient (Wildman–Crippen LogP) is 3.14. The molecule has 1 aromatic carbocycles. The van der Waals surface area contributed by atoms with Gasteiger partial charge in [0.2, 0.25) is 0 Å². The summed E-state index contributed by atoms with van der Waals surface area (Å²) >= 11 is 3.27. The van der Waals surface area contributed by atoms with Crippen LogP contribution in [0.3, 0.4) is 0 Å². The van der Waals surface area contributed by atoms with E-state index < -0.39 is 0 Å². The van der Waals surface area contributed by atoms with Crippen LogP contribution >= 0.6 is 15.9 Å². The highest BCUT2D eigenvalue weighted by Crippen LogP contribution is 2.20. The zero-order chi connectivity index (χ0) is 7.84. The van der Waals surface area contributed by atoms with E-state index in [1.54, 1.807) is 12.1 Å². The Morgan fingerprint density at radius 1 is 1.27 bits per heavy atom. The third kappa shape index (κ3) is 1.05. The van der Waals surface area contributed by atoms with Gasteiger partial charge >= 0.3 is 0 Å². The fourth-order valence-electron chi connectivity index (χ4n) is 1.07. The molecule has 1 heterocycles. The third-order valence-corrected chi connectivity index (χ3v) is 2.10. The molecule has 56 valence electrons. The third-order valence-electron chi connectivity index (χ3n) is 1.61. The number of rotatable bonds is 0. The van der Waals surface area contributed by atoms with Crippen LogP contribution in [0.25, 0.3) is 10.9 Å². The molecular formula is C8H5BrFN. The molecule has 1 aromatic heterocycles. The van der Waals surface area contributed by atoms with E-state index >= 15 is 0 Å². The van der Waals surface area contributed by atoms with Crippen molar-refractivity contribution in [1.29, 1.82) is 0 Å². The van der Waals surface area contributed by atoms with Gasteiger partial charge in [-0.1, -0.05) is 26.5 Å². The van der Waals surface area contributed by atoms with Crippen molar-refractivity contribution in [3.05, 3.63) is 34.9 Å². The number of hydrogen-bond acceptors (Lipinski definition) is 0. The first-order valence-electron chi connectivity index (χ1n) is 3.20. The number of hydrogen-bond donors (Lipinski definition) is 0. The van der Waals surface area contributed by atoms with Crippen molar-refractivity contribution >= 4 is 26.8 Å². The minimum absolute atomic E-state index is 0.597. The summed E-state index contributed by atoms with van der Waals surface area (Å²) in [5.74, 6) is 0. The predicted molar refractivity (Wildman–Crippen MR) is 46.1 cm³/mol. The fraction of sp³-hybridized carbons (Fsp3) is 0. The SMILES string of the molecule is Fn1ccc2ccc(Br)cc21. The number of nitrogens with zero attached hydrogens (tertiary/aromatic N) is 1. The summed E-state index contributed by atoms with van der Waals surface area (Å²) in [6, 6.07) is 7.24. The van der Waals surface area contributed by atoms with Crippen LogP contribution in [0, 0.1) is 0 Å². The molecule has 0 saturated carbocycles. The Kier molecular flexibility index (Phi) is 1.46. The molecule has 0 aliphatic rings. The Labute approximate surface area is 71.5 Å². The smallest absolute Gasteiger partial charge is 0.0823 e. The summed E-state index contributed by atoms with van der Waals surface area (Å²) in [6.45, 7) is 0. The molecule has 0 unspecified atom stereocenters. The quantitative estimate of drug-likeness (QED) is 0.634. The summed E-state index contributed by atoms with van der Waals surface area (Å²) in [5.41, 5.74) is 0.597. The topological polar surface area (TPSA) is 4.93 Å². The largest absolute Gasteiger partial charge is 0.186 e. The van der Waals surface area contributed by atoms with E-state index in [0.717, 1.165) is 9.86 Å². The van der Waals surface area contributed by atoms with Gasteiger partial charge in [0.25, 0.3) is 0 Å². The van der Waals surface area contributed by atoms with Crippen LogP contribution in [0.15, 0.2) is 34.9 Å². The van der Waals surface area contributed by atoms with Crippen molar-refractivity contribution in [2.24, 2.45) is 0 Å². The molecular weight excluding hydrogens is 209 g/mol. The zero-order valence-corrected chi connectivity index (χ0v) is 7.18. The van der Waals surface area contributed by atoms with Crippen LogP contribution in [-0.4, -0.2) is 4.79 Å². The lowest BCUT2D eigenvalue weighted by Gasteiger charge is -1.92. The molecule has 11 heavy (non-hydrogen) atoms. The van der Waals surface area contributed by atoms with Gasteiger partial charge in [-0.2, -0.15) is 4.79 Å². The summed E-state index contributed by atoms with van der Waals surface area (Å²) in [7, 11) is 0. The Bertz CT molecular complexity index is 394. The van der Waals surface area contributed by atoms with Crippen LogP contribution in [0.1, 0.15) is 0 Å². The van der Waals surface area contributed by atoms with Crippen LogP contribution in [-0.2, 0) is 0 Å². The van der Waals surface area contributed by atoms with E-state index in [-0.39, 0.29) is 0 Å². The molecule has 0 spiro atoms. The van der Waals surface area contributed by atoms with E-state index in [1.807, 2.05) is 12.1 Å². The van der Waals surface area contributed by atoms with Crippen LogP contribution in [0.4, 0.5) is 4.48 Å². The normalized spacial score (nSPS) is 10.7. The highest BCUT2D eigenvalue weighted by Gasteiger charge is 1.98. The van der Waals surface area contributed by atoms with E-state index in [0.29, 0.717) is 10.3 Å². The standard InChI is InChI=1S/C8H5BrFN/c9-7-2-1-6-3-4-11(10)8(6)5-7/h1-5H. The number of aromatic nitrogens is 1. The zero-order valence-electron chi connectivity index (χ0n) is 5.59. The number of halogens is 2. The average molecular weight is 214 g/mol. The molecule has 2 rings (SSSR count). The van der Waals surface area contributed by atoms with Gasteiger partial charge in [0.1, 0.15) is 0 Å². The maximum Gasteiger partial charge on any atom is 0.0823 e. The van der Waals surface area contributed by atoms with Crippen molar-refractivity contribution in [3.63, 3.8) is 0 Å². The second kappa shape index (κ2) is 2.34. The van der Waals surface area contributed by atoms with Crippen LogP contribution in [0.5, 0.6) is 0 Å². The Hall–Kier alpha value is -0.830. The van der Waals surface area contributed by atoms with Crippen LogP contribution in [0.2, 0.25) is 0 Å². The van der Waals surface area contributed by atoms with Crippen molar-refractivity contribution < 1.29 is 4.48 Å². The van der Waals surface area contributed by atoms with Crippen LogP contribution < -0.4 is 0 Å². The van der Waals surface area contributed by atoms with Gasteiger partial charge in [0.05, 0.1) is 5.52 Å². The fourth-order valence-corrected chi connectivity index (χ4v) is 1.42. The summed E-state index contributed by atoms with van der Waals surface area (Å²) < 4.78 is 13.7. The van der Waals surface area contributed by atoms with Crippen molar-refractivity contribution in [2.45, 2.75) is 0 Å². The molecule has 0 atom stereocenters. The first-order chi connectivity index (χ1) is 5.27. The van der Waals surface area contributed by atoms with Crippen molar-refractivity contribution in [1.82, 2.24) is 4.79 Å². The first kappa shape index (κ1) is 6.85. The first-order valence-corrected chi connectivity index (χ1v) is 3.99. The number of fused-ring (bicyclic) bond motifs is 1. The van der Waals surface area contributed by atoms with Gasteiger partial charge < -0.3 is 0 Å². The minimum atomic E-state index is 0.597.